The molecule has 3 rings (SSSR count). The third kappa shape index (κ3) is 2.00. The van der Waals surface area contributed by atoms with E-state index in [9.17, 15) is 4.39 Å². The van der Waals surface area contributed by atoms with Crippen molar-refractivity contribution in [2.45, 2.75) is 13.3 Å². The first-order valence-corrected chi connectivity index (χ1v) is 6.61. The van der Waals surface area contributed by atoms with Crippen LogP contribution in [0.3, 0.4) is 0 Å². The molecule has 0 aliphatic carbocycles. The van der Waals surface area contributed by atoms with Gasteiger partial charge in [0.25, 0.3) is 0 Å². The van der Waals surface area contributed by atoms with Gasteiger partial charge >= 0.3 is 0 Å². The molecule has 94 valence electrons. The van der Waals surface area contributed by atoms with E-state index >= 15 is 0 Å². The molecule has 2 aromatic heterocycles. The number of nitrogens with zero attached hydrogens (tertiary/aromatic N) is 3. The van der Waals surface area contributed by atoms with Crippen molar-refractivity contribution in [1.29, 1.82) is 5.26 Å². The lowest BCUT2D eigenvalue weighted by molar-refractivity contribution is 0.628. The minimum absolute atomic E-state index is 0.276. The van der Waals surface area contributed by atoms with Crippen LogP contribution in [0.4, 0.5) is 4.39 Å². The van der Waals surface area contributed by atoms with Gasteiger partial charge in [-0.25, -0.2) is 9.37 Å². The summed E-state index contributed by atoms with van der Waals surface area (Å²) in [6.07, 6.45) is 2.26. The van der Waals surface area contributed by atoms with Crippen LogP contribution < -0.4 is 0 Å². The fraction of sp³-hybridized carbons (Fsp3) is 0.143. The van der Waals surface area contributed by atoms with E-state index in [1.165, 1.54) is 12.1 Å². The molecule has 0 saturated heterocycles. The molecule has 0 radical (unpaired) electrons. The number of hydrogen-bond donors (Lipinski definition) is 0. The Hall–Kier alpha value is -2.19. The van der Waals surface area contributed by atoms with Crippen LogP contribution in [0.5, 0.6) is 0 Å². The highest BCUT2D eigenvalue weighted by atomic mass is 32.1. The molecule has 0 aliphatic heterocycles. The highest BCUT2D eigenvalue weighted by Gasteiger charge is 2.15. The Morgan fingerprint density at radius 2 is 2.11 bits per heavy atom. The number of halogens is 1. The highest BCUT2D eigenvalue weighted by molar-refractivity contribution is 7.17. The molecule has 0 spiro atoms. The topological polar surface area (TPSA) is 41.1 Å². The summed E-state index contributed by atoms with van der Waals surface area (Å²) in [6, 6.07) is 8.36. The lowest BCUT2D eigenvalue weighted by atomic mass is 10.1. The molecule has 3 aromatic rings. The number of fused-ring (bicyclic) bond motifs is 1. The van der Waals surface area contributed by atoms with Crippen molar-refractivity contribution in [3.8, 4) is 17.3 Å². The molecule has 5 heteroatoms. The molecule has 0 amide bonds. The Bertz CT molecular complexity index is 777. The number of aromatic nitrogens is 2. The maximum atomic E-state index is 13.0. The largest absolute Gasteiger partial charge is 0.293 e. The summed E-state index contributed by atoms with van der Waals surface area (Å²) in [7, 11) is 0. The van der Waals surface area contributed by atoms with Crippen LogP contribution in [-0.2, 0) is 6.42 Å². The summed E-state index contributed by atoms with van der Waals surface area (Å²) in [5, 5.41) is 8.97. The summed E-state index contributed by atoms with van der Waals surface area (Å²) in [4.78, 5) is 6.57. The van der Waals surface area contributed by atoms with Gasteiger partial charge in [-0.1, -0.05) is 0 Å². The second-order valence-corrected chi connectivity index (χ2v) is 5.46. The highest BCUT2D eigenvalue weighted by Crippen LogP contribution is 2.28. The van der Waals surface area contributed by atoms with E-state index in [1.807, 2.05) is 17.5 Å². The van der Waals surface area contributed by atoms with Gasteiger partial charge in [0.15, 0.2) is 4.96 Å². The molecule has 1 aromatic carbocycles. The zero-order valence-electron chi connectivity index (χ0n) is 10.2. The lowest BCUT2D eigenvalue weighted by Gasteiger charge is -2.00. The van der Waals surface area contributed by atoms with Crippen molar-refractivity contribution >= 4 is 16.3 Å². The minimum Gasteiger partial charge on any atom is -0.293 e. The number of nitriles is 1. The first-order chi connectivity index (χ1) is 9.19. The van der Waals surface area contributed by atoms with Gasteiger partial charge in [0, 0.05) is 16.6 Å². The molecule has 0 atom stereocenters. The zero-order valence-corrected chi connectivity index (χ0v) is 11.0. The second kappa shape index (κ2) is 4.48. The van der Waals surface area contributed by atoms with Crippen molar-refractivity contribution < 1.29 is 4.39 Å². The lowest BCUT2D eigenvalue weighted by Crippen LogP contribution is -1.91. The fourth-order valence-electron chi connectivity index (χ4n) is 2.08. The molecule has 19 heavy (non-hydrogen) atoms. The van der Waals surface area contributed by atoms with Gasteiger partial charge in [0.2, 0.25) is 0 Å². The minimum atomic E-state index is -0.276. The Labute approximate surface area is 113 Å². The zero-order chi connectivity index (χ0) is 13.4. The van der Waals surface area contributed by atoms with E-state index in [0.717, 1.165) is 26.8 Å². The number of benzene rings is 1. The molecule has 3 nitrogen and oxygen atoms in total. The van der Waals surface area contributed by atoms with E-state index < -0.39 is 0 Å². The summed E-state index contributed by atoms with van der Waals surface area (Å²) in [5.74, 6) is -0.276. The van der Waals surface area contributed by atoms with Crippen molar-refractivity contribution in [3.05, 3.63) is 46.9 Å². The number of rotatable bonds is 2. The van der Waals surface area contributed by atoms with Crippen molar-refractivity contribution in [2.75, 3.05) is 0 Å². The van der Waals surface area contributed by atoms with Crippen LogP contribution in [0.1, 0.15) is 10.6 Å². The van der Waals surface area contributed by atoms with Crippen LogP contribution in [0, 0.1) is 24.1 Å². The first kappa shape index (κ1) is 11.9. The molecule has 0 saturated carbocycles. The second-order valence-electron chi connectivity index (χ2n) is 4.24. The SMILES string of the molecule is Cc1cn2c(CC#N)c(-c3ccc(F)cc3)nc2s1. The average molecular weight is 271 g/mol. The van der Waals surface area contributed by atoms with Crippen molar-refractivity contribution in [3.63, 3.8) is 0 Å². The third-order valence-corrected chi connectivity index (χ3v) is 3.80. The maximum Gasteiger partial charge on any atom is 0.194 e. The monoisotopic (exact) mass is 271 g/mol. The molecule has 0 N–H and O–H groups in total. The summed E-state index contributed by atoms with van der Waals surface area (Å²) < 4.78 is 14.9. The van der Waals surface area contributed by atoms with Crippen molar-refractivity contribution in [1.82, 2.24) is 9.38 Å². The van der Waals surface area contributed by atoms with E-state index in [-0.39, 0.29) is 12.2 Å². The van der Waals surface area contributed by atoms with Crippen LogP contribution >= 0.6 is 11.3 Å². The Morgan fingerprint density at radius 3 is 2.79 bits per heavy atom. The van der Waals surface area contributed by atoms with Crippen LogP contribution in [0.25, 0.3) is 16.2 Å². The van der Waals surface area contributed by atoms with E-state index in [4.69, 9.17) is 5.26 Å². The Morgan fingerprint density at radius 1 is 1.37 bits per heavy atom. The van der Waals surface area contributed by atoms with E-state index in [2.05, 4.69) is 11.1 Å². The van der Waals surface area contributed by atoms with Crippen LogP contribution in [-0.4, -0.2) is 9.38 Å². The fourth-order valence-corrected chi connectivity index (χ4v) is 2.93. The van der Waals surface area contributed by atoms with Gasteiger partial charge in [0.05, 0.1) is 23.9 Å². The first-order valence-electron chi connectivity index (χ1n) is 5.79. The quantitative estimate of drug-likeness (QED) is 0.715. The van der Waals surface area contributed by atoms with Gasteiger partial charge in [-0.2, -0.15) is 5.26 Å². The molecule has 2 heterocycles. The Balaban J connectivity index is 2.22. The van der Waals surface area contributed by atoms with Gasteiger partial charge in [0.1, 0.15) is 5.82 Å². The predicted octanol–water partition coefficient (Wildman–Crippen LogP) is 3.58. The smallest absolute Gasteiger partial charge is 0.194 e. The predicted molar refractivity (Wildman–Crippen MR) is 72.5 cm³/mol. The van der Waals surface area contributed by atoms with E-state index in [1.54, 1.807) is 23.5 Å². The van der Waals surface area contributed by atoms with Crippen molar-refractivity contribution in [2.24, 2.45) is 0 Å². The van der Waals surface area contributed by atoms with Gasteiger partial charge in [-0.3, -0.25) is 4.40 Å². The number of thiazole rings is 1. The molecular weight excluding hydrogens is 261 g/mol. The molecule has 0 unspecified atom stereocenters. The Kier molecular flexibility index (Phi) is 2.80. The number of imidazole rings is 1. The number of aryl methyl sites for hydroxylation is 1. The van der Waals surface area contributed by atoms with Crippen LogP contribution in [0.15, 0.2) is 30.5 Å². The van der Waals surface area contributed by atoms with Crippen LogP contribution in [0.2, 0.25) is 0 Å². The molecule has 0 fully saturated rings. The standard InChI is InChI=1S/C14H10FN3S/c1-9-8-18-12(6-7-16)13(17-14(18)19-9)10-2-4-11(15)5-3-10/h2-5,8H,6H2,1H3. The maximum absolute atomic E-state index is 13.0. The third-order valence-electron chi connectivity index (χ3n) is 2.91. The molecule has 0 bridgehead atoms. The normalized spacial score (nSPS) is 10.8. The van der Waals surface area contributed by atoms with E-state index in [0.29, 0.717) is 0 Å². The van der Waals surface area contributed by atoms with Gasteiger partial charge in [-0.15, -0.1) is 11.3 Å². The van der Waals surface area contributed by atoms with Gasteiger partial charge < -0.3 is 0 Å². The van der Waals surface area contributed by atoms with Gasteiger partial charge in [-0.05, 0) is 31.2 Å². The average Bonchev–Trinajstić information content (AvgIpc) is 2.89. The summed E-state index contributed by atoms with van der Waals surface area (Å²) in [5.41, 5.74) is 2.45. The molecule has 0 aliphatic rings. The summed E-state index contributed by atoms with van der Waals surface area (Å²) in [6.45, 7) is 2.01. The number of hydrogen-bond acceptors (Lipinski definition) is 3. The molecular formula is C14H10FN3S. The summed E-state index contributed by atoms with van der Waals surface area (Å²) >= 11 is 1.58.